The van der Waals surface area contributed by atoms with E-state index in [1.54, 1.807) is 4.90 Å². The summed E-state index contributed by atoms with van der Waals surface area (Å²) in [5.41, 5.74) is 5.99. The van der Waals surface area contributed by atoms with Crippen molar-refractivity contribution >= 4 is 34.9 Å². The number of rotatable bonds is 7. The number of amides is 2. The molecule has 0 saturated carbocycles. The smallest absolute Gasteiger partial charge is 0.232 e. The van der Waals surface area contributed by atoms with Gasteiger partial charge in [0.25, 0.3) is 0 Å². The van der Waals surface area contributed by atoms with Crippen LogP contribution in [-0.2, 0) is 16.0 Å². The standard InChI is InChI=1S/C12H19N3O2S2/c1-4-15(5-2)11(17)7-18-12-14-8(3)9(19-12)6-10(13)16/h4-7H2,1-3H3,(H2,13,16). The van der Waals surface area contributed by atoms with Gasteiger partial charge in [-0.25, -0.2) is 4.98 Å². The minimum absolute atomic E-state index is 0.110. The lowest BCUT2D eigenvalue weighted by Crippen LogP contribution is -2.31. The molecule has 2 amide bonds. The van der Waals surface area contributed by atoms with E-state index in [1.807, 2.05) is 20.8 Å². The van der Waals surface area contributed by atoms with Crippen molar-refractivity contribution < 1.29 is 9.59 Å². The molecule has 1 aromatic heterocycles. The average Bonchev–Trinajstić information content (AvgIpc) is 2.68. The second-order valence-electron chi connectivity index (χ2n) is 3.99. The van der Waals surface area contributed by atoms with Crippen molar-refractivity contribution in [2.45, 2.75) is 31.5 Å². The van der Waals surface area contributed by atoms with Crippen molar-refractivity contribution in [3.63, 3.8) is 0 Å². The Kier molecular flexibility index (Phi) is 6.30. The molecule has 19 heavy (non-hydrogen) atoms. The molecule has 5 nitrogen and oxygen atoms in total. The third-order valence-corrected chi connectivity index (χ3v) is 4.93. The molecule has 0 spiro atoms. The zero-order valence-corrected chi connectivity index (χ0v) is 13.1. The maximum absolute atomic E-state index is 11.9. The lowest BCUT2D eigenvalue weighted by molar-refractivity contribution is -0.128. The first-order valence-electron chi connectivity index (χ1n) is 6.13. The Labute approximate surface area is 121 Å². The van der Waals surface area contributed by atoms with E-state index in [-0.39, 0.29) is 18.2 Å². The first-order valence-corrected chi connectivity index (χ1v) is 7.93. The molecular weight excluding hydrogens is 282 g/mol. The second-order valence-corrected chi connectivity index (χ2v) is 6.29. The average molecular weight is 301 g/mol. The molecule has 0 aliphatic heterocycles. The van der Waals surface area contributed by atoms with Crippen molar-refractivity contribution in [2.75, 3.05) is 18.8 Å². The van der Waals surface area contributed by atoms with Crippen molar-refractivity contribution in [2.24, 2.45) is 5.73 Å². The van der Waals surface area contributed by atoms with Gasteiger partial charge in [0.1, 0.15) is 0 Å². The molecule has 0 bridgehead atoms. The van der Waals surface area contributed by atoms with Gasteiger partial charge in [0, 0.05) is 18.0 Å². The Morgan fingerprint density at radius 2 is 2.00 bits per heavy atom. The number of carbonyl (C=O) groups excluding carboxylic acids is 2. The molecule has 0 aromatic carbocycles. The van der Waals surface area contributed by atoms with Crippen molar-refractivity contribution in [3.05, 3.63) is 10.6 Å². The van der Waals surface area contributed by atoms with Gasteiger partial charge >= 0.3 is 0 Å². The molecule has 1 rings (SSSR count). The van der Waals surface area contributed by atoms with E-state index in [9.17, 15) is 9.59 Å². The van der Waals surface area contributed by atoms with Crippen LogP contribution in [0.25, 0.3) is 0 Å². The normalized spacial score (nSPS) is 10.5. The van der Waals surface area contributed by atoms with Crippen LogP contribution in [0.4, 0.5) is 0 Å². The molecule has 2 N–H and O–H groups in total. The van der Waals surface area contributed by atoms with E-state index >= 15 is 0 Å². The number of nitrogens with two attached hydrogens (primary N) is 1. The number of nitrogens with zero attached hydrogens (tertiary/aromatic N) is 2. The van der Waals surface area contributed by atoms with Gasteiger partial charge in [-0.3, -0.25) is 9.59 Å². The summed E-state index contributed by atoms with van der Waals surface area (Å²) in [5, 5.41) is 0. The van der Waals surface area contributed by atoms with Crippen LogP contribution in [0, 0.1) is 6.92 Å². The van der Waals surface area contributed by atoms with Crippen LogP contribution in [0.15, 0.2) is 4.34 Å². The lowest BCUT2D eigenvalue weighted by atomic mass is 10.3. The van der Waals surface area contributed by atoms with Crippen LogP contribution in [0.2, 0.25) is 0 Å². The fourth-order valence-electron chi connectivity index (χ4n) is 1.58. The Balaban J connectivity index is 2.58. The number of aryl methyl sites for hydroxylation is 1. The summed E-state index contributed by atoms with van der Waals surface area (Å²) in [6.07, 6.45) is 0.216. The number of hydrogen-bond donors (Lipinski definition) is 1. The van der Waals surface area contributed by atoms with Crippen LogP contribution in [0.3, 0.4) is 0 Å². The largest absolute Gasteiger partial charge is 0.369 e. The lowest BCUT2D eigenvalue weighted by Gasteiger charge is -2.17. The number of primary amides is 1. The molecular formula is C12H19N3O2S2. The Bertz CT molecular complexity index is 456. The van der Waals surface area contributed by atoms with E-state index in [0.717, 1.165) is 28.0 Å². The minimum Gasteiger partial charge on any atom is -0.369 e. The van der Waals surface area contributed by atoms with E-state index in [1.165, 1.54) is 23.1 Å². The third-order valence-electron chi connectivity index (χ3n) is 2.64. The van der Waals surface area contributed by atoms with Gasteiger partial charge in [0.2, 0.25) is 11.8 Å². The number of aromatic nitrogens is 1. The van der Waals surface area contributed by atoms with Gasteiger partial charge in [0.15, 0.2) is 4.34 Å². The van der Waals surface area contributed by atoms with Crippen LogP contribution in [-0.4, -0.2) is 40.5 Å². The van der Waals surface area contributed by atoms with Gasteiger partial charge in [0.05, 0.1) is 17.9 Å². The molecule has 7 heteroatoms. The van der Waals surface area contributed by atoms with Gasteiger partial charge < -0.3 is 10.6 Å². The SMILES string of the molecule is CCN(CC)C(=O)CSc1nc(C)c(CC(N)=O)s1. The van der Waals surface area contributed by atoms with Crippen molar-refractivity contribution in [1.82, 2.24) is 9.88 Å². The minimum atomic E-state index is -0.359. The highest BCUT2D eigenvalue weighted by molar-refractivity contribution is 8.01. The monoisotopic (exact) mass is 301 g/mol. The second kappa shape index (κ2) is 7.49. The van der Waals surface area contributed by atoms with Crippen LogP contribution < -0.4 is 5.73 Å². The Morgan fingerprint density at radius 1 is 1.37 bits per heavy atom. The molecule has 1 heterocycles. The quantitative estimate of drug-likeness (QED) is 0.773. The molecule has 0 atom stereocenters. The number of hydrogen-bond acceptors (Lipinski definition) is 5. The summed E-state index contributed by atoms with van der Waals surface area (Å²) < 4.78 is 0.814. The fourth-order valence-corrected chi connectivity index (χ4v) is 3.72. The van der Waals surface area contributed by atoms with Crippen LogP contribution >= 0.6 is 23.1 Å². The molecule has 0 unspecified atom stereocenters. The van der Waals surface area contributed by atoms with E-state index in [0.29, 0.717) is 5.75 Å². The summed E-state index contributed by atoms with van der Waals surface area (Å²) >= 11 is 2.85. The molecule has 0 fully saturated rings. The molecule has 106 valence electrons. The number of thioether (sulfide) groups is 1. The number of thiazole rings is 1. The highest BCUT2D eigenvalue weighted by Crippen LogP contribution is 2.27. The third kappa shape index (κ3) is 4.83. The first-order chi connectivity index (χ1) is 8.97. The summed E-state index contributed by atoms with van der Waals surface area (Å²) in [7, 11) is 0. The summed E-state index contributed by atoms with van der Waals surface area (Å²) in [6, 6.07) is 0. The van der Waals surface area contributed by atoms with Crippen LogP contribution in [0.1, 0.15) is 24.4 Å². The molecule has 0 aliphatic rings. The zero-order chi connectivity index (χ0) is 14.4. The zero-order valence-electron chi connectivity index (χ0n) is 11.4. The van der Waals surface area contributed by atoms with E-state index in [4.69, 9.17) is 5.73 Å². The van der Waals surface area contributed by atoms with Crippen molar-refractivity contribution in [1.29, 1.82) is 0 Å². The Morgan fingerprint density at radius 3 is 2.53 bits per heavy atom. The highest BCUT2D eigenvalue weighted by atomic mass is 32.2. The van der Waals surface area contributed by atoms with Gasteiger partial charge in [-0.15, -0.1) is 11.3 Å². The van der Waals surface area contributed by atoms with Crippen LogP contribution in [0.5, 0.6) is 0 Å². The van der Waals surface area contributed by atoms with Gasteiger partial charge in [-0.2, -0.15) is 0 Å². The summed E-state index contributed by atoms with van der Waals surface area (Å²) in [5.74, 6) is 0.131. The summed E-state index contributed by atoms with van der Waals surface area (Å²) in [6.45, 7) is 7.22. The molecule has 1 aromatic rings. The predicted octanol–water partition coefficient (Wildman–Crippen LogP) is 1.44. The fraction of sp³-hybridized carbons (Fsp3) is 0.583. The predicted molar refractivity (Wildman–Crippen MR) is 78.4 cm³/mol. The Hall–Kier alpha value is -1.08. The van der Waals surface area contributed by atoms with Gasteiger partial charge in [-0.1, -0.05) is 11.8 Å². The molecule has 0 saturated heterocycles. The van der Waals surface area contributed by atoms with Gasteiger partial charge in [-0.05, 0) is 20.8 Å². The molecule has 0 aliphatic carbocycles. The maximum Gasteiger partial charge on any atom is 0.232 e. The number of carbonyl (C=O) groups is 2. The van der Waals surface area contributed by atoms with Crippen molar-refractivity contribution in [3.8, 4) is 0 Å². The summed E-state index contributed by atoms with van der Waals surface area (Å²) in [4.78, 5) is 29.8. The molecule has 0 radical (unpaired) electrons. The van der Waals surface area contributed by atoms with E-state index < -0.39 is 0 Å². The first kappa shape index (κ1) is 16.0. The van der Waals surface area contributed by atoms with E-state index in [2.05, 4.69) is 4.98 Å². The maximum atomic E-state index is 11.9. The highest BCUT2D eigenvalue weighted by Gasteiger charge is 2.14. The topological polar surface area (TPSA) is 76.3 Å².